The molecule has 0 aliphatic rings. The van der Waals surface area contributed by atoms with Gasteiger partial charge in [0.25, 0.3) is 5.91 Å². The second-order valence-corrected chi connectivity index (χ2v) is 8.30. The third kappa shape index (κ3) is 4.88. The van der Waals surface area contributed by atoms with Crippen LogP contribution in [0.3, 0.4) is 0 Å². The lowest BCUT2D eigenvalue weighted by Gasteiger charge is -2.28. The summed E-state index contributed by atoms with van der Waals surface area (Å²) in [6, 6.07) is 13.3. The quantitative estimate of drug-likeness (QED) is 0.568. The Labute approximate surface area is 187 Å². The largest absolute Gasteiger partial charge is 0.443 e. The summed E-state index contributed by atoms with van der Waals surface area (Å²) in [7, 11) is 0. The van der Waals surface area contributed by atoms with Gasteiger partial charge in [-0.15, -0.1) is 0 Å². The number of carbonyl (C=O) groups is 2. The molecule has 0 atom stereocenters. The predicted molar refractivity (Wildman–Crippen MR) is 124 cm³/mol. The van der Waals surface area contributed by atoms with E-state index in [1.807, 2.05) is 37.3 Å². The van der Waals surface area contributed by atoms with Gasteiger partial charge in [0, 0.05) is 24.0 Å². The molecule has 1 heterocycles. The first-order valence-corrected chi connectivity index (χ1v) is 10.6. The van der Waals surface area contributed by atoms with Crippen molar-refractivity contribution in [2.75, 3.05) is 18.0 Å². The zero-order valence-corrected chi connectivity index (χ0v) is 19.0. The number of carbonyl (C=O) groups excluding carboxylic acids is 2. The first kappa shape index (κ1) is 23.2. The van der Waals surface area contributed by atoms with Crippen molar-refractivity contribution in [1.82, 2.24) is 10.3 Å². The van der Waals surface area contributed by atoms with Crippen molar-refractivity contribution in [3.8, 4) is 11.1 Å². The summed E-state index contributed by atoms with van der Waals surface area (Å²) in [5.41, 5.74) is 1.09. The third-order valence-electron chi connectivity index (χ3n) is 4.74. The Bertz CT molecular complexity index is 1140. The van der Waals surface area contributed by atoms with Gasteiger partial charge in [-0.25, -0.2) is 14.2 Å². The number of pyridine rings is 1. The molecule has 0 bridgehead atoms. The Hall–Kier alpha value is -3.48. The molecule has 0 aliphatic carbocycles. The fourth-order valence-corrected chi connectivity index (χ4v) is 3.46. The maximum absolute atomic E-state index is 14.2. The first-order chi connectivity index (χ1) is 15.2. The Morgan fingerprint density at radius 1 is 1.09 bits per heavy atom. The van der Waals surface area contributed by atoms with E-state index in [0.29, 0.717) is 28.6 Å². The van der Waals surface area contributed by atoms with Crippen molar-refractivity contribution < 1.29 is 18.7 Å². The molecular weight excluding hydrogens is 409 g/mol. The van der Waals surface area contributed by atoms with Crippen molar-refractivity contribution in [2.45, 2.75) is 40.2 Å². The molecule has 0 spiro atoms. The highest BCUT2D eigenvalue weighted by Gasteiger charge is 2.29. The van der Waals surface area contributed by atoms with E-state index in [-0.39, 0.29) is 23.8 Å². The Morgan fingerprint density at radius 2 is 1.78 bits per heavy atom. The van der Waals surface area contributed by atoms with Gasteiger partial charge in [-0.3, -0.25) is 9.69 Å². The summed E-state index contributed by atoms with van der Waals surface area (Å²) >= 11 is 0. The number of anilines is 1. The molecule has 0 saturated carbocycles. The SMILES string of the molecule is CCNC(=O)c1c(-c2ccccc2)c(N(CC)C(=O)OC(C)(C)C)nc2ccc(F)cc12. The highest BCUT2D eigenvalue weighted by atomic mass is 19.1. The van der Waals surface area contributed by atoms with Crippen LogP contribution in [-0.4, -0.2) is 35.7 Å². The number of hydrogen-bond acceptors (Lipinski definition) is 4. The van der Waals surface area contributed by atoms with Crippen LogP contribution in [-0.2, 0) is 4.74 Å². The molecule has 1 aromatic heterocycles. The summed E-state index contributed by atoms with van der Waals surface area (Å²) in [5.74, 6) is -0.560. The summed E-state index contributed by atoms with van der Waals surface area (Å²) < 4.78 is 19.8. The molecule has 3 rings (SSSR count). The number of hydrogen-bond donors (Lipinski definition) is 1. The molecule has 0 unspecified atom stereocenters. The summed E-state index contributed by atoms with van der Waals surface area (Å²) in [4.78, 5) is 32.4. The molecule has 2 aromatic carbocycles. The Balaban J connectivity index is 2.40. The minimum Gasteiger partial charge on any atom is -0.443 e. The highest BCUT2D eigenvalue weighted by molar-refractivity contribution is 6.14. The molecule has 168 valence electrons. The molecular formula is C25H28FN3O3. The molecule has 32 heavy (non-hydrogen) atoms. The number of ether oxygens (including phenoxy) is 1. The van der Waals surface area contributed by atoms with E-state index >= 15 is 0 Å². The van der Waals surface area contributed by atoms with Crippen molar-refractivity contribution in [1.29, 1.82) is 0 Å². The van der Waals surface area contributed by atoms with Gasteiger partial charge >= 0.3 is 6.09 Å². The van der Waals surface area contributed by atoms with E-state index < -0.39 is 17.5 Å². The fraction of sp³-hybridized carbons (Fsp3) is 0.320. The summed E-state index contributed by atoms with van der Waals surface area (Å²) in [6.45, 7) is 9.63. The van der Waals surface area contributed by atoms with E-state index in [1.54, 1.807) is 27.7 Å². The van der Waals surface area contributed by atoms with Crippen molar-refractivity contribution in [3.63, 3.8) is 0 Å². The lowest BCUT2D eigenvalue weighted by Crippen LogP contribution is -2.38. The lowest BCUT2D eigenvalue weighted by atomic mass is 9.95. The maximum atomic E-state index is 14.2. The number of rotatable bonds is 5. The molecule has 7 heteroatoms. The summed E-state index contributed by atoms with van der Waals surface area (Å²) in [6.07, 6.45) is -0.576. The number of aromatic nitrogens is 1. The van der Waals surface area contributed by atoms with Gasteiger partial charge in [-0.05, 0) is 58.4 Å². The van der Waals surface area contributed by atoms with Gasteiger partial charge in [-0.1, -0.05) is 30.3 Å². The zero-order valence-electron chi connectivity index (χ0n) is 19.0. The van der Waals surface area contributed by atoms with Crippen LogP contribution in [0.1, 0.15) is 45.0 Å². The fourth-order valence-electron chi connectivity index (χ4n) is 3.46. The van der Waals surface area contributed by atoms with Crippen LogP contribution in [0.5, 0.6) is 0 Å². The topological polar surface area (TPSA) is 71.5 Å². The van der Waals surface area contributed by atoms with E-state index in [1.165, 1.54) is 23.1 Å². The van der Waals surface area contributed by atoms with Crippen LogP contribution in [0.4, 0.5) is 15.0 Å². The van der Waals surface area contributed by atoms with Crippen LogP contribution in [0.25, 0.3) is 22.0 Å². The summed E-state index contributed by atoms with van der Waals surface area (Å²) in [5, 5.41) is 3.19. The minimum atomic E-state index is -0.709. The van der Waals surface area contributed by atoms with E-state index in [2.05, 4.69) is 5.32 Å². The highest BCUT2D eigenvalue weighted by Crippen LogP contribution is 2.38. The van der Waals surface area contributed by atoms with E-state index in [4.69, 9.17) is 9.72 Å². The van der Waals surface area contributed by atoms with Gasteiger partial charge < -0.3 is 10.1 Å². The van der Waals surface area contributed by atoms with Gasteiger partial charge in [0.1, 0.15) is 17.2 Å². The normalized spacial score (nSPS) is 11.3. The second-order valence-electron chi connectivity index (χ2n) is 8.30. The van der Waals surface area contributed by atoms with Crippen LogP contribution in [0.2, 0.25) is 0 Å². The molecule has 0 saturated heterocycles. The minimum absolute atomic E-state index is 0.263. The molecule has 0 aliphatic heterocycles. The smallest absolute Gasteiger partial charge is 0.416 e. The van der Waals surface area contributed by atoms with Gasteiger partial charge in [-0.2, -0.15) is 0 Å². The molecule has 0 radical (unpaired) electrons. The number of amides is 2. The van der Waals surface area contributed by atoms with Gasteiger partial charge in [0.15, 0.2) is 0 Å². The molecule has 0 fully saturated rings. The Kier molecular flexibility index (Phi) is 6.77. The first-order valence-electron chi connectivity index (χ1n) is 10.6. The Morgan fingerprint density at radius 3 is 2.38 bits per heavy atom. The van der Waals surface area contributed by atoms with Crippen molar-refractivity contribution >= 4 is 28.7 Å². The second kappa shape index (κ2) is 9.34. The number of nitrogens with zero attached hydrogens (tertiary/aromatic N) is 2. The van der Waals surface area contributed by atoms with Crippen molar-refractivity contribution in [3.05, 3.63) is 59.9 Å². The van der Waals surface area contributed by atoms with E-state index in [0.717, 1.165) is 0 Å². The molecule has 3 aromatic rings. The van der Waals surface area contributed by atoms with E-state index in [9.17, 15) is 14.0 Å². The standard InChI is InChI=1S/C25H28FN3O3/c1-6-27-23(30)21-18-15-17(26)13-14-19(18)28-22(20(21)16-11-9-8-10-12-16)29(7-2)24(31)32-25(3,4)5/h8-15H,6-7H2,1-5H3,(H,27,30). The number of nitrogens with one attached hydrogen (secondary N) is 1. The maximum Gasteiger partial charge on any atom is 0.416 e. The van der Waals surface area contributed by atoms with Gasteiger partial charge in [0.05, 0.1) is 11.1 Å². The van der Waals surface area contributed by atoms with Crippen LogP contribution < -0.4 is 10.2 Å². The van der Waals surface area contributed by atoms with Crippen LogP contribution in [0, 0.1) is 5.82 Å². The number of benzene rings is 2. The predicted octanol–water partition coefficient (Wildman–Crippen LogP) is 5.55. The van der Waals surface area contributed by atoms with Crippen molar-refractivity contribution in [2.24, 2.45) is 0 Å². The molecule has 6 nitrogen and oxygen atoms in total. The number of halogens is 1. The average Bonchev–Trinajstić information content (AvgIpc) is 2.73. The average molecular weight is 438 g/mol. The van der Waals surface area contributed by atoms with Crippen LogP contribution >= 0.6 is 0 Å². The third-order valence-corrected chi connectivity index (χ3v) is 4.74. The zero-order chi connectivity index (χ0) is 23.5. The molecule has 1 N–H and O–H groups in total. The lowest BCUT2D eigenvalue weighted by molar-refractivity contribution is 0.0581. The molecule has 2 amide bonds. The monoisotopic (exact) mass is 437 g/mol. The van der Waals surface area contributed by atoms with Gasteiger partial charge in [0.2, 0.25) is 0 Å². The van der Waals surface area contributed by atoms with Crippen LogP contribution in [0.15, 0.2) is 48.5 Å². The number of fused-ring (bicyclic) bond motifs is 1.